The summed E-state index contributed by atoms with van der Waals surface area (Å²) in [5.41, 5.74) is 0.475. The molecule has 1 saturated heterocycles. The van der Waals surface area contributed by atoms with Crippen LogP contribution in [0.5, 0.6) is 0 Å². The second-order valence-corrected chi connectivity index (χ2v) is 5.62. The minimum atomic E-state index is 0.309. The quantitative estimate of drug-likeness (QED) is 0.638. The Hall–Kier alpha value is -0.550. The van der Waals surface area contributed by atoms with Crippen LogP contribution in [0.4, 0.5) is 0 Å². The zero-order valence-electron chi connectivity index (χ0n) is 9.29. The maximum absolute atomic E-state index is 9.05. The van der Waals surface area contributed by atoms with Crippen LogP contribution in [0.2, 0.25) is 0 Å². The van der Waals surface area contributed by atoms with Crippen molar-refractivity contribution in [2.24, 2.45) is 11.3 Å². The average molecular weight is 192 g/mol. The summed E-state index contributed by atoms with van der Waals surface area (Å²) >= 11 is 0. The number of likely N-dealkylation sites (tertiary alicyclic amines) is 1. The average Bonchev–Trinajstić information content (AvgIpc) is 2.70. The zero-order chi connectivity index (χ0) is 10.2. The highest BCUT2D eigenvalue weighted by Crippen LogP contribution is 2.36. The van der Waals surface area contributed by atoms with Gasteiger partial charge in [0.2, 0.25) is 0 Å². The molecule has 0 radical (unpaired) electrons. The van der Waals surface area contributed by atoms with Gasteiger partial charge in [-0.2, -0.15) is 5.26 Å². The molecule has 0 bridgehead atoms. The summed E-state index contributed by atoms with van der Waals surface area (Å²) in [6.45, 7) is 7.07. The van der Waals surface area contributed by atoms with E-state index in [1.807, 2.05) is 0 Å². The van der Waals surface area contributed by atoms with Gasteiger partial charge in [0.15, 0.2) is 0 Å². The van der Waals surface area contributed by atoms with E-state index in [0.29, 0.717) is 17.4 Å². The normalized spacial score (nSPS) is 37.2. The summed E-state index contributed by atoms with van der Waals surface area (Å²) in [6.07, 6.45) is 4.91. The summed E-state index contributed by atoms with van der Waals surface area (Å²) in [6, 6.07) is 3.05. The summed E-state index contributed by atoms with van der Waals surface area (Å²) in [5.74, 6) is 0.309. The first-order valence-electron chi connectivity index (χ1n) is 5.76. The molecule has 0 aromatic heterocycles. The Balaban J connectivity index is 2.00. The molecule has 2 nitrogen and oxygen atoms in total. The second-order valence-electron chi connectivity index (χ2n) is 5.62. The van der Waals surface area contributed by atoms with Crippen LogP contribution in [0.3, 0.4) is 0 Å². The van der Waals surface area contributed by atoms with E-state index in [0.717, 1.165) is 6.42 Å². The molecule has 2 atom stereocenters. The van der Waals surface area contributed by atoms with Crippen molar-refractivity contribution in [3.63, 3.8) is 0 Å². The number of hydrogen-bond donors (Lipinski definition) is 0. The third-order valence-electron chi connectivity index (χ3n) is 3.82. The molecule has 2 fully saturated rings. The Morgan fingerprint density at radius 2 is 2.14 bits per heavy atom. The van der Waals surface area contributed by atoms with Gasteiger partial charge in [-0.25, -0.2) is 0 Å². The van der Waals surface area contributed by atoms with Crippen molar-refractivity contribution in [1.29, 1.82) is 5.26 Å². The third kappa shape index (κ3) is 1.79. The molecular formula is C12H20N2. The number of hydrogen-bond acceptors (Lipinski definition) is 2. The van der Waals surface area contributed by atoms with Crippen LogP contribution in [0.25, 0.3) is 0 Å². The van der Waals surface area contributed by atoms with Gasteiger partial charge in [-0.15, -0.1) is 0 Å². The lowest BCUT2D eigenvalue weighted by atomic mass is 9.93. The van der Waals surface area contributed by atoms with Gasteiger partial charge in [0.25, 0.3) is 0 Å². The molecule has 0 spiro atoms. The Labute approximate surface area is 86.9 Å². The lowest BCUT2D eigenvalue weighted by Crippen LogP contribution is -2.36. The predicted molar refractivity (Wildman–Crippen MR) is 56.7 cm³/mol. The lowest BCUT2D eigenvalue weighted by Gasteiger charge is -2.27. The van der Waals surface area contributed by atoms with Crippen molar-refractivity contribution in [2.45, 2.75) is 45.6 Å². The fraction of sp³-hybridized carbons (Fsp3) is 0.917. The summed E-state index contributed by atoms with van der Waals surface area (Å²) in [4.78, 5) is 2.56. The first-order valence-corrected chi connectivity index (χ1v) is 5.76. The highest BCUT2D eigenvalue weighted by atomic mass is 15.2. The number of rotatable bonds is 1. The van der Waals surface area contributed by atoms with Crippen LogP contribution in [0.15, 0.2) is 0 Å². The van der Waals surface area contributed by atoms with Crippen LogP contribution in [-0.4, -0.2) is 24.0 Å². The van der Waals surface area contributed by atoms with Crippen LogP contribution >= 0.6 is 0 Å². The lowest BCUT2D eigenvalue weighted by molar-refractivity contribution is 0.198. The van der Waals surface area contributed by atoms with E-state index in [-0.39, 0.29) is 0 Å². The maximum Gasteiger partial charge on any atom is 0.0672 e. The molecule has 1 heterocycles. The van der Waals surface area contributed by atoms with Crippen molar-refractivity contribution in [3.05, 3.63) is 0 Å². The van der Waals surface area contributed by atoms with E-state index >= 15 is 0 Å². The fourth-order valence-electron chi connectivity index (χ4n) is 2.97. The molecule has 14 heavy (non-hydrogen) atoms. The largest absolute Gasteiger partial charge is 0.299 e. The SMILES string of the molecule is CC1(C)CCN(C2CCCC2C#N)C1. The fourth-order valence-corrected chi connectivity index (χ4v) is 2.97. The van der Waals surface area contributed by atoms with Gasteiger partial charge in [-0.1, -0.05) is 20.3 Å². The zero-order valence-corrected chi connectivity index (χ0v) is 9.29. The maximum atomic E-state index is 9.05. The van der Waals surface area contributed by atoms with Crippen molar-refractivity contribution in [3.8, 4) is 6.07 Å². The van der Waals surface area contributed by atoms with Crippen molar-refractivity contribution >= 4 is 0 Å². The Morgan fingerprint density at radius 3 is 2.71 bits per heavy atom. The highest BCUT2D eigenvalue weighted by Gasteiger charge is 2.38. The van der Waals surface area contributed by atoms with Crippen molar-refractivity contribution < 1.29 is 0 Å². The van der Waals surface area contributed by atoms with E-state index in [1.165, 1.54) is 32.4 Å². The van der Waals surface area contributed by atoms with Gasteiger partial charge in [0, 0.05) is 12.6 Å². The minimum Gasteiger partial charge on any atom is -0.299 e. The Bertz CT molecular complexity index is 252. The summed E-state index contributed by atoms with van der Waals surface area (Å²) in [5, 5.41) is 9.05. The van der Waals surface area contributed by atoms with Gasteiger partial charge in [0.05, 0.1) is 12.0 Å². The molecule has 2 aliphatic rings. The van der Waals surface area contributed by atoms with Crippen LogP contribution in [0, 0.1) is 22.7 Å². The topological polar surface area (TPSA) is 27.0 Å². The Kier molecular flexibility index (Phi) is 2.53. The second kappa shape index (κ2) is 3.55. The van der Waals surface area contributed by atoms with Crippen LogP contribution < -0.4 is 0 Å². The molecule has 1 aliphatic carbocycles. The molecule has 0 aromatic carbocycles. The molecular weight excluding hydrogens is 172 g/mol. The molecule has 2 heteroatoms. The monoisotopic (exact) mass is 192 g/mol. The number of nitriles is 1. The van der Waals surface area contributed by atoms with E-state index in [9.17, 15) is 0 Å². The van der Waals surface area contributed by atoms with Crippen LogP contribution in [0.1, 0.15) is 39.5 Å². The number of nitrogens with zero attached hydrogens (tertiary/aromatic N) is 2. The predicted octanol–water partition coefficient (Wildman–Crippen LogP) is 2.41. The first-order chi connectivity index (χ1) is 6.62. The van der Waals surface area contributed by atoms with E-state index in [4.69, 9.17) is 5.26 Å². The molecule has 0 aromatic rings. The molecule has 0 N–H and O–H groups in total. The van der Waals surface area contributed by atoms with Gasteiger partial charge >= 0.3 is 0 Å². The van der Waals surface area contributed by atoms with E-state index in [1.54, 1.807) is 0 Å². The third-order valence-corrected chi connectivity index (χ3v) is 3.82. The van der Waals surface area contributed by atoms with Crippen molar-refractivity contribution in [2.75, 3.05) is 13.1 Å². The van der Waals surface area contributed by atoms with Gasteiger partial charge < -0.3 is 0 Å². The van der Waals surface area contributed by atoms with Crippen molar-refractivity contribution in [1.82, 2.24) is 4.90 Å². The standard InChI is InChI=1S/C12H20N2/c1-12(2)6-7-14(9-12)11-5-3-4-10(11)8-13/h10-11H,3-7,9H2,1-2H3. The van der Waals surface area contributed by atoms with E-state index < -0.39 is 0 Å². The molecule has 2 rings (SSSR count). The van der Waals surface area contributed by atoms with E-state index in [2.05, 4.69) is 24.8 Å². The first kappa shape index (κ1) is 9.98. The molecule has 0 amide bonds. The van der Waals surface area contributed by atoms with Gasteiger partial charge in [0.1, 0.15) is 0 Å². The molecule has 2 unspecified atom stereocenters. The summed E-state index contributed by atoms with van der Waals surface area (Å²) in [7, 11) is 0. The van der Waals surface area contributed by atoms with Gasteiger partial charge in [-0.05, 0) is 31.2 Å². The molecule has 1 aliphatic heterocycles. The summed E-state index contributed by atoms with van der Waals surface area (Å²) < 4.78 is 0. The smallest absolute Gasteiger partial charge is 0.0672 e. The molecule has 1 saturated carbocycles. The Morgan fingerprint density at radius 1 is 1.36 bits per heavy atom. The minimum absolute atomic E-state index is 0.309. The molecule has 78 valence electrons. The highest BCUT2D eigenvalue weighted by molar-refractivity contribution is 5.00. The van der Waals surface area contributed by atoms with Crippen LogP contribution in [-0.2, 0) is 0 Å². The van der Waals surface area contributed by atoms with Gasteiger partial charge in [-0.3, -0.25) is 4.90 Å².